The molecular weight excluding hydrogens is 370 g/mol. The molecule has 0 saturated carbocycles. The Balaban J connectivity index is 1.76. The SMILES string of the molecule is COC(=O)C1=C(C)Nc2nccn2C1c1ccccc1SCc1ccccc1. The highest BCUT2D eigenvalue weighted by atomic mass is 32.2. The molecule has 0 bridgehead atoms. The minimum atomic E-state index is -0.336. The normalized spacial score (nSPS) is 15.7. The van der Waals surface area contributed by atoms with Crippen molar-refractivity contribution in [1.29, 1.82) is 0 Å². The molecule has 0 fully saturated rings. The molecule has 28 heavy (non-hydrogen) atoms. The maximum Gasteiger partial charge on any atom is 0.337 e. The monoisotopic (exact) mass is 391 g/mol. The summed E-state index contributed by atoms with van der Waals surface area (Å²) in [5, 5.41) is 3.21. The summed E-state index contributed by atoms with van der Waals surface area (Å²) in [5.74, 6) is 1.24. The van der Waals surface area contributed by atoms with Crippen LogP contribution in [0.1, 0.15) is 24.1 Å². The molecule has 1 N–H and O–H groups in total. The lowest BCUT2D eigenvalue weighted by molar-refractivity contribution is -0.136. The second-order valence-electron chi connectivity index (χ2n) is 6.53. The maximum atomic E-state index is 12.6. The first-order chi connectivity index (χ1) is 13.7. The first-order valence-corrected chi connectivity index (χ1v) is 10.0. The molecular formula is C22H21N3O2S. The van der Waals surface area contributed by atoms with Gasteiger partial charge in [-0.05, 0) is 24.1 Å². The molecule has 2 aromatic carbocycles. The molecule has 1 aliphatic rings. The number of esters is 1. The van der Waals surface area contributed by atoms with Crippen molar-refractivity contribution in [3.8, 4) is 0 Å². The molecule has 0 aliphatic carbocycles. The fourth-order valence-corrected chi connectivity index (χ4v) is 4.49. The number of rotatable bonds is 5. The summed E-state index contributed by atoms with van der Waals surface area (Å²) in [5.41, 5.74) is 3.68. The number of hydrogen-bond acceptors (Lipinski definition) is 5. The summed E-state index contributed by atoms with van der Waals surface area (Å²) in [6.45, 7) is 1.89. The predicted octanol–water partition coefficient (Wildman–Crippen LogP) is 4.64. The van der Waals surface area contributed by atoms with Crippen LogP contribution < -0.4 is 5.32 Å². The summed E-state index contributed by atoms with van der Waals surface area (Å²) < 4.78 is 7.08. The van der Waals surface area contributed by atoms with Crippen molar-refractivity contribution >= 4 is 23.7 Å². The van der Waals surface area contributed by atoms with Crippen LogP contribution in [0.3, 0.4) is 0 Å². The van der Waals surface area contributed by atoms with E-state index in [0.29, 0.717) is 5.57 Å². The number of carbonyl (C=O) groups is 1. The quantitative estimate of drug-likeness (QED) is 0.507. The molecule has 6 heteroatoms. The number of imidazole rings is 1. The van der Waals surface area contributed by atoms with Crippen LogP contribution in [0.5, 0.6) is 0 Å². The molecule has 4 rings (SSSR count). The predicted molar refractivity (Wildman–Crippen MR) is 111 cm³/mol. The number of carbonyl (C=O) groups excluding carboxylic acids is 1. The highest BCUT2D eigenvalue weighted by molar-refractivity contribution is 7.98. The number of ether oxygens (including phenoxy) is 1. The van der Waals surface area contributed by atoms with Gasteiger partial charge in [0.25, 0.3) is 0 Å². The number of aromatic nitrogens is 2. The Hall–Kier alpha value is -2.99. The largest absolute Gasteiger partial charge is 0.466 e. The van der Waals surface area contributed by atoms with E-state index < -0.39 is 0 Å². The molecule has 3 aromatic rings. The Morgan fingerprint density at radius 3 is 2.71 bits per heavy atom. The van der Waals surface area contributed by atoms with Crippen LogP contribution in [0.25, 0.3) is 0 Å². The second-order valence-corrected chi connectivity index (χ2v) is 7.55. The van der Waals surface area contributed by atoms with Gasteiger partial charge in [0.05, 0.1) is 18.7 Å². The Morgan fingerprint density at radius 1 is 1.18 bits per heavy atom. The Labute approximate surface area is 168 Å². The van der Waals surface area contributed by atoms with E-state index in [1.807, 2.05) is 48.0 Å². The van der Waals surface area contributed by atoms with Gasteiger partial charge >= 0.3 is 5.97 Å². The number of thioether (sulfide) groups is 1. The number of hydrogen-bond donors (Lipinski definition) is 1. The van der Waals surface area contributed by atoms with Gasteiger partial charge in [0.15, 0.2) is 0 Å². The van der Waals surface area contributed by atoms with Gasteiger partial charge in [0.1, 0.15) is 0 Å². The van der Waals surface area contributed by atoms with Gasteiger partial charge in [-0.15, -0.1) is 11.8 Å². The number of allylic oxidation sites excluding steroid dienone is 1. The highest BCUT2D eigenvalue weighted by Crippen LogP contribution is 2.40. The van der Waals surface area contributed by atoms with E-state index in [4.69, 9.17) is 4.74 Å². The third-order valence-electron chi connectivity index (χ3n) is 4.78. The van der Waals surface area contributed by atoms with Gasteiger partial charge in [0.2, 0.25) is 5.95 Å². The minimum absolute atomic E-state index is 0.286. The molecule has 0 amide bonds. The first kappa shape index (κ1) is 18.4. The van der Waals surface area contributed by atoms with Gasteiger partial charge in [0, 0.05) is 28.7 Å². The molecule has 1 atom stereocenters. The van der Waals surface area contributed by atoms with Crippen LogP contribution in [-0.2, 0) is 15.3 Å². The molecule has 1 aromatic heterocycles. The van der Waals surface area contributed by atoms with Crippen molar-refractivity contribution < 1.29 is 9.53 Å². The molecule has 0 saturated heterocycles. The zero-order chi connectivity index (χ0) is 19.5. The van der Waals surface area contributed by atoms with Crippen LogP contribution in [0, 0.1) is 0 Å². The van der Waals surface area contributed by atoms with Gasteiger partial charge < -0.3 is 14.6 Å². The molecule has 0 radical (unpaired) electrons. The van der Waals surface area contributed by atoms with Crippen molar-refractivity contribution in [2.24, 2.45) is 0 Å². The highest BCUT2D eigenvalue weighted by Gasteiger charge is 2.34. The van der Waals surface area contributed by atoms with E-state index in [1.165, 1.54) is 12.7 Å². The van der Waals surface area contributed by atoms with Crippen molar-refractivity contribution in [2.75, 3.05) is 12.4 Å². The molecule has 1 aliphatic heterocycles. The van der Waals surface area contributed by atoms with Crippen LogP contribution in [0.15, 0.2) is 83.2 Å². The van der Waals surface area contributed by atoms with Crippen LogP contribution in [-0.4, -0.2) is 22.6 Å². The van der Waals surface area contributed by atoms with E-state index >= 15 is 0 Å². The van der Waals surface area contributed by atoms with Crippen molar-refractivity contribution in [3.05, 3.63) is 89.4 Å². The summed E-state index contributed by atoms with van der Waals surface area (Å²) >= 11 is 1.76. The molecule has 1 unspecified atom stereocenters. The standard InChI is InChI=1S/C22H21N3O2S/c1-15-19(21(26)27-2)20(25-13-12-23-22(25)24-15)17-10-6-7-11-18(17)28-14-16-8-4-3-5-9-16/h3-13,20H,14H2,1-2H3,(H,23,24). The fourth-order valence-electron chi connectivity index (χ4n) is 3.45. The Bertz CT molecular complexity index is 1030. The van der Waals surface area contributed by atoms with E-state index in [-0.39, 0.29) is 12.0 Å². The zero-order valence-corrected chi connectivity index (χ0v) is 16.6. The van der Waals surface area contributed by atoms with Crippen LogP contribution >= 0.6 is 11.8 Å². The third kappa shape index (κ3) is 3.43. The molecule has 5 nitrogen and oxygen atoms in total. The van der Waals surface area contributed by atoms with E-state index in [2.05, 4.69) is 34.6 Å². The van der Waals surface area contributed by atoms with Gasteiger partial charge in [-0.1, -0.05) is 48.5 Å². The number of benzene rings is 2. The fraction of sp³-hybridized carbons (Fsp3) is 0.182. The molecule has 0 spiro atoms. The number of fused-ring (bicyclic) bond motifs is 1. The van der Waals surface area contributed by atoms with Gasteiger partial charge in [-0.25, -0.2) is 9.78 Å². The van der Waals surface area contributed by atoms with Crippen molar-refractivity contribution in [2.45, 2.75) is 23.6 Å². The maximum absolute atomic E-state index is 12.6. The topological polar surface area (TPSA) is 56.1 Å². The first-order valence-electron chi connectivity index (χ1n) is 9.03. The summed E-state index contributed by atoms with van der Waals surface area (Å²) in [4.78, 5) is 18.1. The second kappa shape index (κ2) is 7.94. The third-order valence-corrected chi connectivity index (χ3v) is 5.94. The van der Waals surface area contributed by atoms with Crippen molar-refractivity contribution in [1.82, 2.24) is 9.55 Å². The summed E-state index contributed by atoms with van der Waals surface area (Å²) in [6.07, 6.45) is 3.63. The van der Waals surface area contributed by atoms with Crippen LogP contribution in [0.4, 0.5) is 5.95 Å². The lowest BCUT2D eigenvalue weighted by Crippen LogP contribution is -2.28. The van der Waals surface area contributed by atoms with Crippen molar-refractivity contribution in [3.63, 3.8) is 0 Å². The average Bonchev–Trinajstić information content (AvgIpc) is 3.19. The number of nitrogens with one attached hydrogen (secondary N) is 1. The molecule has 142 valence electrons. The van der Waals surface area contributed by atoms with E-state index in [9.17, 15) is 4.79 Å². The average molecular weight is 391 g/mol. The minimum Gasteiger partial charge on any atom is -0.466 e. The lowest BCUT2D eigenvalue weighted by atomic mass is 9.95. The smallest absolute Gasteiger partial charge is 0.337 e. The zero-order valence-electron chi connectivity index (χ0n) is 15.8. The summed E-state index contributed by atoms with van der Waals surface area (Å²) in [6, 6.07) is 18.3. The number of methoxy groups -OCH3 is 1. The molecule has 2 heterocycles. The van der Waals surface area contributed by atoms with E-state index in [1.54, 1.807) is 18.0 Å². The summed E-state index contributed by atoms with van der Waals surface area (Å²) in [7, 11) is 1.42. The number of anilines is 1. The Morgan fingerprint density at radius 2 is 1.93 bits per heavy atom. The van der Waals surface area contributed by atoms with Gasteiger partial charge in [-0.2, -0.15) is 0 Å². The Kier molecular flexibility index (Phi) is 5.21. The number of nitrogens with zero attached hydrogens (tertiary/aromatic N) is 2. The van der Waals surface area contributed by atoms with E-state index in [0.717, 1.165) is 27.9 Å². The lowest BCUT2D eigenvalue weighted by Gasteiger charge is -2.30. The van der Waals surface area contributed by atoms with Crippen LogP contribution in [0.2, 0.25) is 0 Å². The van der Waals surface area contributed by atoms with Gasteiger partial charge in [-0.3, -0.25) is 0 Å².